The molecule has 3 nitrogen and oxygen atoms in total. The summed E-state index contributed by atoms with van der Waals surface area (Å²) in [5, 5.41) is 8.98. The van der Waals surface area contributed by atoms with E-state index in [2.05, 4.69) is 0 Å². The second-order valence-corrected chi connectivity index (χ2v) is 4.47. The van der Waals surface area contributed by atoms with E-state index in [1.807, 2.05) is 0 Å². The molecule has 2 unspecified atom stereocenters. The number of benzene rings is 1. The summed E-state index contributed by atoms with van der Waals surface area (Å²) in [5.74, 6) is -0.441. The van der Waals surface area contributed by atoms with Gasteiger partial charge in [-0.2, -0.15) is 0 Å². The van der Waals surface area contributed by atoms with Crippen molar-refractivity contribution in [2.75, 3.05) is 19.7 Å². The Hall–Kier alpha value is -1.11. The predicted octanol–water partition coefficient (Wildman–Crippen LogP) is 1.77. The maximum absolute atomic E-state index is 13.2. The van der Waals surface area contributed by atoms with Crippen molar-refractivity contribution < 1.29 is 18.3 Å². The van der Waals surface area contributed by atoms with Gasteiger partial charge >= 0.3 is 0 Å². The summed E-state index contributed by atoms with van der Waals surface area (Å²) in [6, 6.07) is 4.70. The minimum Gasteiger partial charge on any atom is -0.395 e. The molecule has 19 heavy (non-hydrogen) atoms. The summed E-state index contributed by atoms with van der Waals surface area (Å²) in [7, 11) is 0. The Morgan fingerprint density at radius 2 is 2.05 bits per heavy atom. The van der Waals surface area contributed by atoms with Crippen LogP contribution in [0.3, 0.4) is 0 Å². The molecule has 1 rings (SSSR count). The van der Waals surface area contributed by atoms with Crippen molar-refractivity contribution in [1.82, 2.24) is 4.90 Å². The van der Waals surface area contributed by atoms with Gasteiger partial charge in [0.2, 0.25) is 0 Å². The van der Waals surface area contributed by atoms with Crippen LogP contribution in [0.25, 0.3) is 0 Å². The fourth-order valence-electron chi connectivity index (χ4n) is 2.19. The molecule has 3 N–H and O–H groups in total. The third-order valence-electron chi connectivity index (χ3n) is 2.84. The van der Waals surface area contributed by atoms with Crippen LogP contribution in [0.5, 0.6) is 0 Å². The number of rotatable bonds is 7. The molecule has 0 saturated carbocycles. The van der Waals surface area contributed by atoms with E-state index in [1.165, 1.54) is 23.1 Å². The van der Waals surface area contributed by atoms with Gasteiger partial charge in [-0.1, -0.05) is 12.1 Å². The Morgan fingerprint density at radius 3 is 2.53 bits per heavy atom. The van der Waals surface area contributed by atoms with E-state index >= 15 is 0 Å². The van der Waals surface area contributed by atoms with E-state index in [0.29, 0.717) is 5.56 Å². The summed E-state index contributed by atoms with van der Waals surface area (Å²) >= 11 is 0. The van der Waals surface area contributed by atoms with Gasteiger partial charge in [-0.05, 0) is 24.6 Å². The molecule has 0 aliphatic heterocycles. The van der Waals surface area contributed by atoms with Gasteiger partial charge < -0.3 is 10.8 Å². The lowest BCUT2D eigenvalue weighted by molar-refractivity contribution is 0.0486. The number of nitrogens with zero attached hydrogens (tertiary/aromatic N) is 1. The molecule has 1 aromatic rings. The Morgan fingerprint density at radius 1 is 1.37 bits per heavy atom. The molecule has 0 bridgehead atoms. The second-order valence-electron chi connectivity index (χ2n) is 4.47. The fraction of sp³-hybridized carbons (Fsp3) is 0.538. The normalized spacial score (nSPS) is 14.9. The van der Waals surface area contributed by atoms with Crippen molar-refractivity contribution in [1.29, 1.82) is 0 Å². The quantitative estimate of drug-likeness (QED) is 0.798. The standard InChI is InChI=1S/C13H19F3N2O/c1-9(17)13(10-3-2-4-11(14)7-10)18(5-6-19)8-12(15)16/h2-4,7,9,12-13,19H,5-6,8,17H2,1H3. The zero-order valence-corrected chi connectivity index (χ0v) is 10.8. The third kappa shape index (κ3) is 4.81. The van der Waals surface area contributed by atoms with Crippen molar-refractivity contribution in [2.45, 2.75) is 25.4 Å². The molecule has 2 atom stereocenters. The van der Waals surface area contributed by atoms with Crippen LogP contribution in [0.1, 0.15) is 18.5 Å². The highest BCUT2D eigenvalue weighted by Crippen LogP contribution is 2.24. The number of hydrogen-bond donors (Lipinski definition) is 2. The molecule has 0 aliphatic rings. The number of hydrogen-bond acceptors (Lipinski definition) is 3. The molecular formula is C13H19F3N2O. The van der Waals surface area contributed by atoms with E-state index in [9.17, 15) is 13.2 Å². The summed E-state index contributed by atoms with van der Waals surface area (Å²) in [5.41, 5.74) is 6.37. The molecule has 0 spiro atoms. The van der Waals surface area contributed by atoms with Crippen LogP contribution in [0.2, 0.25) is 0 Å². The van der Waals surface area contributed by atoms with Gasteiger partial charge in [-0.15, -0.1) is 0 Å². The molecule has 0 radical (unpaired) electrons. The summed E-state index contributed by atoms with van der Waals surface area (Å²) in [6.45, 7) is 0.965. The first-order valence-corrected chi connectivity index (χ1v) is 6.09. The molecule has 0 saturated heterocycles. The molecule has 0 amide bonds. The van der Waals surface area contributed by atoms with E-state index in [1.54, 1.807) is 13.0 Å². The third-order valence-corrected chi connectivity index (χ3v) is 2.84. The molecular weight excluding hydrogens is 257 g/mol. The van der Waals surface area contributed by atoms with Gasteiger partial charge in [0.05, 0.1) is 19.2 Å². The first-order chi connectivity index (χ1) is 8.95. The number of halogens is 3. The average molecular weight is 276 g/mol. The molecule has 0 aliphatic carbocycles. The smallest absolute Gasteiger partial charge is 0.251 e. The molecule has 0 fully saturated rings. The topological polar surface area (TPSA) is 49.5 Å². The number of alkyl halides is 2. The molecule has 0 aromatic heterocycles. The zero-order valence-electron chi connectivity index (χ0n) is 10.8. The van der Waals surface area contributed by atoms with Gasteiger partial charge in [0.25, 0.3) is 6.43 Å². The molecule has 108 valence electrons. The van der Waals surface area contributed by atoms with Crippen LogP contribution in [0, 0.1) is 5.82 Å². The first-order valence-electron chi connectivity index (χ1n) is 6.09. The van der Waals surface area contributed by atoms with Crippen LogP contribution in [0.4, 0.5) is 13.2 Å². The minimum atomic E-state index is -2.54. The number of aliphatic hydroxyl groups is 1. The zero-order chi connectivity index (χ0) is 14.4. The molecule has 1 aromatic carbocycles. The first kappa shape index (κ1) is 15.9. The van der Waals surface area contributed by atoms with Crippen molar-refractivity contribution in [3.8, 4) is 0 Å². The lowest BCUT2D eigenvalue weighted by Crippen LogP contribution is -2.43. The van der Waals surface area contributed by atoms with Crippen molar-refractivity contribution in [3.63, 3.8) is 0 Å². The maximum Gasteiger partial charge on any atom is 0.251 e. The molecule has 0 heterocycles. The Bertz CT molecular complexity index is 388. The summed E-state index contributed by atoms with van der Waals surface area (Å²) < 4.78 is 38.4. The van der Waals surface area contributed by atoms with Crippen molar-refractivity contribution in [2.24, 2.45) is 5.73 Å². The number of nitrogens with two attached hydrogens (primary N) is 1. The van der Waals surface area contributed by atoms with E-state index < -0.39 is 30.9 Å². The maximum atomic E-state index is 13.2. The summed E-state index contributed by atoms with van der Waals surface area (Å²) in [6.07, 6.45) is -2.54. The highest BCUT2D eigenvalue weighted by Gasteiger charge is 2.26. The average Bonchev–Trinajstić information content (AvgIpc) is 2.28. The van der Waals surface area contributed by atoms with Crippen molar-refractivity contribution >= 4 is 0 Å². The Labute approximate surface area is 110 Å². The fourth-order valence-corrected chi connectivity index (χ4v) is 2.19. The van der Waals surface area contributed by atoms with E-state index in [-0.39, 0.29) is 13.2 Å². The van der Waals surface area contributed by atoms with Crippen LogP contribution in [-0.4, -0.2) is 42.2 Å². The predicted molar refractivity (Wildman–Crippen MR) is 67.5 cm³/mol. The van der Waals surface area contributed by atoms with Gasteiger partial charge in [-0.25, -0.2) is 13.2 Å². The highest BCUT2D eigenvalue weighted by atomic mass is 19.3. The van der Waals surface area contributed by atoms with Gasteiger partial charge in [0, 0.05) is 12.6 Å². The monoisotopic (exact) mass is 276 g/mol. The summed E-state index contributed by atoms with van der Waals surface area (Å²) in [4.78, 5) is 1.38. The van der Waals surface area contributed by atoms with Gasteiger partial charge in [0.1, 0.15) is 5.82 Å². The Balaban J connectivity index is 3.02. The minimum absolute atomic E-state index is 0.0626. The van der Waals surface area contributed by atoms with Crippen LogP contribution < -0.4 is 5.73 Å². The van der Waals surface area contributed by atoms with Gasteiger partial charge in [-0.3, -0.25) is 4.90 Å². The van der Waals surface area contributed by atoms with Crippen molar-refractivity contribution in [3.05, 3.63) is 35.6 Å². The van der Waals surface area contributed by atoms with E-state index in [4.69, 9.17) is 10.8 Å². The largest absolute Gasteiger partial charge is 0.395 e. The highest BCUT2D eigenvalue weighted by molar-refractivity contribution is 5.21. The second kappa shape index (κ2) is 7.47. The van der Waals surface area contributed by atoms with Gasteiger partial charge in [0.15, 0.2) is 0 Å². The molecule has 6 heteroatoms. The number of aliphatic hydroxyl groups excluding tert-OH is 1. The van der Waals surface area contributed by atoms with Crippen LogP contribution in [-0.2, 0) is 0 Å². The van der Waals surface area contributed by atoms with Crippen LogP contribution in [0.15, 0.2) is 24.3 Å². The Kier molecular flexibility index (Phi) is 6.27. The van der Waals surface area contributed by atoms with E-state index in [0.717, 1.165) is 0 Å². The van der Waals surface area contributed by atoms with Crippen LogP contribution >= 0.6 is 0 Å². The lowest BCUT2D eigenvalue weighted by Gasteiger charge is -2.34. The lowest BCUT2D eigenvalue weighted by atomic mass is 9.99. The SMILES string of the molecule is CC(N)C(c1cccc(F)c1)N(CCO)CC(F)F.